The van der Waals surface area contributed by atoms with Crippen molar-refractivity contribution in [1.82, 2.24) is 15.5 Å². The summed E-state index contributed by atoms with van der Waals surface area (Å²) >= 11 is 0. The second-order valence-electron chi connectivity index (χ2n) is 6.07. The molecule has 2 fully saturated rings. The van der Waals surface area contributed by atoms with E-state index in [0.29, 0.717) is 13.2 Å². The molecular weight excluding hydrogens is 242 g/mol. The van der Waals surface area contributed by atoms with Crippen molar-refractivity contribution in [2.45, 2.75) is 32.2 Å². The van der Waals surface area contributed by atoms with Gasteiger partial charge in [-0.2, -0.15) is 0 Å². The van der Waals surface area contributed by atoms with E-state index >= 15 is 0 Å². The molecule has 19 heavy (non-hydrogen) atoms. The number of hydrogen-bond acceptors (Lipinski definition) is 4. The lowest BCUT2D eigenvalue weighted by atomic mass is 10.0. The maximum absolute atomic E-state index is 12.2. The van der Waals surface area contributed by atoms with Crippen LogP contribution in [0.2, 0.25) is 0 Å². The molecule has 0 aromatic heterocycles. The maximum Gasteiger partial charge on any atom is 0.240 e. The predicted molar refractivity (Wildman–Crippen MR) is 75.1 cm³/mol. The fraction of sp³-hybridized carbons (Fsp3) is 0.929. The molecule has 2 rings (SSSR count). The van der Waals surface area contributed by atoms with Gasteiger partial charge < -0.3 is 15.4 Å². The Kier molecular flexibility index (Phi) is 5.19. The van der Waals surface area contributed by atoms with Gasteiger partial charge in [-0.05, 0) is 32.6 Å². The summed E-state index contributed by atoms with van der Waals surface area (Å²) in [6, 6.07) is 0. The largest absolute Gasteiger partial charge is 0.379 e. The number of nitrogens with zero attached hydrogens (tertiary/aromatic N) is 1. The molecule has 1 heterocycles. The van der Waals surface area contributed by atoms with Crippen LogP contribution in [-0.4, -0.2) is 62.3 Å². The Labute approximate surface area is 116 Å². The average Bonchev–Trinajstić information content (AvgIpc) is 3.23. The first-order valence-electron chi connectivity index (χ1n) is 7.42. The predicted octanol–water partition coefficient (Wildman–Crippen LogP) is 0.213. The van der Waals surface area contributed by atoms with E-state index in [4.69, 9.17) is 4.74 Å². The number of carbonyl (C=O) groups excluding carboxylic acids is 1. The molecule has 0 radical (unpaired) electrons. The first-order chi connectivity index (χ1) is 9.10. The highest BCUT2D eigenvalue weighted by Crippen LogP contribution is 2.28. The Bertz CT molecular complexity index is 297. The number of rotatable bonds is 7. The summed E-state index contributed by atoms with van der Waals surface area (Å²) in [5.41, 5.74) is -0.432. The molecule has 2 N–H and O–H groups in total. The second kappa shape index (κ2) is 6.68. The van der Waals surface area contributed by atoms with Crippen LogP contribution in [0.25, 0.3) is 0 Å². The van der Waals surface area contributed by atoms with Crippen LogP contribution in [0.1, 0.15) is 26.7 Å². The first-order valence-corrected chi connectivity index (χ1v) is 7.42. The van der Waals surface area contributed by atoms with Crippen molar-refractivity contribution >= 4 is 5.91 Å². The number of ether oxygens (including phenoxy) is 1. The van der Waals surface area contributed by atoms with Crippen molar-refractivity contribution in [2.24, 2.45) is 5.92 Å². The number of nitrogens with one attached hydrogen (secondary N) is 2. The zero-order chi connectivity index (χ0) is 13.7. The van der Waals surface area contributed by atoms with Gasteiger partial charge in [0.2, 0.25) is 5.91 Å². The molecule has 1 amide bonds. The van der Waals surface area contributed by atoms with Crippen LogP contribution in [-0.2, 0) is 9.53 Å². The molecule has 1 saturated carbocycles. The highest BCUT2D eigenvalue weighted by molar-refractivity contribution is 5.85. The normalized spacial score (nSPS) is 21.4. The number of carbonyl (C=O) groups is 1. The fourth-order valence-corrected chi connectivity index (χ4v) is 2.36. The van der Waals surface area contributed by atoms with Gasteiger partial charge in [-0.3, -0.25) is 9.69 Å². The van der Waals surface area contributed by atoms with Gasteiger partial charge in [0.15, 0.2) is 0 Å². The van der Waals surface area contributed by atoms with Crippen molar-refractivity contribution in [2.75, 3.05) is 45.9 Å². The van der Waals surface area contributed by atoms with E-state index in [1.54, 1.807) is 0 Å². The fourth-order valence-electron chi connectivity index (χ4n) is 2.36. The van der Waals surface area contributed by atoms with Gasteiger partial charge in [-0.1, -0.05) is 0 Å². The van der Waals surface area contributed by atoms with E-state index in [-0.39, 0.29) is 5.91 Å². The molecule has 0 aromatic rings. The molecule has 2 aliphatic rings. The smallest absolute Gasteiger partial charge is 0.240 e. The lowest BCUT2D eigenvalue weighted by molar-refractivity contribution is -0.132. The topological polar surface area (TPSA) is 53.6 Å². The summed E-state index contributed by atoms with van der Waals surface area (Å²) in [5.74, 6) is 0.886. The van der Waals surface area contributed by atoms with Gasteiger partial charge in [-0.15, -0.1) is 0 Å². The van der Waals surface area contributed by atoms with Gasteiger partial charge >= 0.3 is 0 Å². The molecule has 0 atom stereocenters. The summed E-state index contributed by atoms with van der Waals surface area (Å²) < 4.78 is 5.53. The van der Waals surface area contributed by atoms with Crippen LogP contribution in [0, 0.1) is 5.92 Å². The van der Waals surface area contributed by atoms with Gasteiger partial charge in [0.05, 0.1) is 12.1 Å². The number of hydrogen-bond donors (Lipinski definition) is 2. The van der Waals surface area contributed by atoms with E-state index in [1.165, 1.54) is 12.8 Å². The number of piperazine rings is 1. The van der Waals surface area contributed by atoms with Gasteiger partial charge in [0.1, 0.15) is 0 Å². The minimum atomic E-state index is -0.432. The Hall–Kier alpha value is -0.650. The molecule has 5 nitrogen and oxygen atoms in total. The van der Waals surface area contributed by atoms with E-state index in [1.807, 2.05) is 13.8 Å². The molecule has 1 saturated heterocycles. The lowest BCUT2D eigenvalue weighted by Gasteiger charge is -2.39. The Morgan fingerprint density at radius 3 is 2.68 bits per heavy atom. The highest BCUT2D eigenvalue weighted by Gasteiger charge is 2.34. The molecule has 5 heteroatoms. The standard InChI is InChI=1S/C14H27N3O2/c1-14(2,17-8-5-15-6-9-17)13(18)16-7-10-19-11-12-3-4-12/h12,15H,3-11H2,1-2H3,(H,16,18). The van der Waals surface area contributed by atoms with E-state index < -0.39 is 5.54 Å². The van der Waals surface area contributed by atoms with E-state index in [9.17, 15) is 4.79 Å². The van der Waals surface area contributed by atoms with E-state index in [0.717, 1.165) is 38.7 Å². The van der Waals surface area contributed by atoms with Crippen LogP contribution in [0.15, 0.2) is 0 Å². The lowest BCUT2D eigenvalue weighted by Crippen LogP contribution is -2.60. The van der Waals surface area contributed by atoms with Crippen molar-refractivity contribution in [3.8, 4) is 0 Å². The van der Waals surface area contributed by atoms with Crippen LogP contribution >= 0.6 is 0 Å². The van der Waals surface area contributed by atoms with Gasteiger partial charge in [-0.25, -0.2) is 0 Å². The minimum absolute atomic E-state index is 0.101. The molecule has 0 spiro atoms. The van der Waals surface area contributed by atoms with Gasteiger partial charge in [0.25, 0.3) is 0 Å². The third-order valence-corrected chi connectivity index (χ3v) is 4.05. The summed E-state index contributed by atoms with van der Waals surface area (Å²) in [7, 11) is 0. The van der Waals surface area contributed by atoms with Crippen LogP contribution in [0.4, 0.5) is 0 Å². The zero-order valence-electron chi connectivity index (χ0n) is 12.2. The summed E-state index contributed by atoms with van der Waals surface area (Å²) in [4.78, 5) is 14.5. The first kappa shape index (κ1) is 14.8. The maximum atomic E-state index is 12.2. The Morgan fingerprint density at radius 1 is 1.37 bits per heavy atom. The van der Waals surface area contributed by atoms with Crippen molar-refractivity contribution in [3.05, 3.63) is 0 Å². The molecule has 110 valence electrons. The van der Waals surface area contributed by atoms with Crippen LogP contribution in [0.3, 0.4) is 0 Å². The van der Waals surface area contributed by atoms with Crippen LogP contribution < -0.4 is 10.6 Å². The number of amides is 1. The quantitative estimate of drug-likeness (QED) is 0.649. The van der Waals surface area contributed by atoms with Crippen molar-refractivity contribution in [1.29, 1.82) is 0 Å². The third kappa shape index (κ3) is 4.44. The summed E-state index contributed by atoms with van der Waals surface area (Å²) in [6.45, 7) is 9.87. The highest BCUT2D eigenvalue weighted by atomic mass is 16.5. The van der Waals surface area contributed by atoms with Crippen molar-refractivity contribution < 1.29 is 9.53 Å². The Balaban J connectivity index is 1.64. The molecule has 1 aliphatic carbocycles. The molecule has 0 unspecified atom stereocenters. The molecule has 0 aromatic carbocycles. The van der Waals surface area contributed by atoms with Crippen molar-refractivity contribution in [3.63, 3.8) is 0 Å². The third-order valence-electron chi connectivity index (χ3n) is 4.05. The minimum Gasteiger partial charge on any atom is -0.379 e. The van der Waals surface area contributed by atoms with E-state index in [2.05, 4.69) is 15.5 Å². The molecular formula is C14H27N3O2. The zero-order valence-corrected chi connectivity index (χ0v) is 12.2. The summed E-state index contributed by atoms with van der Waals surface area (Å²) in [6.07, 6.45) is 2.62. The molecule has 0 bridgehead atoms. The second-order valence-corrected chi connectivity index (χ2v) is 6.07. The average molecular weight is 269 g/mol. The monoisotopic (exact) mass is 269 g/mol. The van der Waals surface area contributed by atoms with Gasteiger partial charge in [0, 0.05) is 39.3 Å². The summed E-state index contributed by atoms with van der Waals surface area (Å²) in [5, 5.41) is 6.30. The SMILES string of the molecule is CC(C)(C(=O)NCCOCC1CC1)N1CCNCC1. The molecule has 1 aliphatic heterocycles. The van der Waals surface area contributed by atoms with Crippen LogP contribution in [0.5, 0.6) is 0 Å². The Morgan fingerprint density at radius 2 is 2.05 bits per heavy atom.